The van der Waals surface area contributed by atoms with Crippen molar-refractivity contribution in [1.82, 2.24) is 19.5 Å². The maximum atomic E-state index is 5.19. The summed E-state index contributed by atoms with van der Waals surface area (Å²) in [7, 11) is 0. The zero-order valence-corrected chi connectivity index (χ0v) is 18.8. The van der Waals surface area contributed by atoms with E-state index in [0.29, 0.717) is 5.95 Å². The maximum absolute atomic E-state index is 5.19. The number of pyridine rings is 1. The molecule has 7 aromatic rings. The Morgan fingerprint density at radius 3 is 1.71 bits per heavy atom. The summed E-state index contributed by atoms with van der Waals surface area (Å²) in [5.41, 5.74) is 7.04. The summed E-state index contributed by atoms with van der Waals surface area (Å²) < 4.78 is 2.17. The Morgan fingerprint density at radius 2 is 1.06 bits per heavy atom. The van der Waals surface area contributed by atoms with Gasteiger partial charge in [-0.3, -0.25) is 9.55 Å². The molecule has 0 radical (unpaired) electrons. The Balaban J connectivity index is 1.63. The van der Waals surface area contributed by atoms with Crippen LogP contribution in [0.15, 0.2) is 122 Å². The highest BCUT2D eigenvalue weighted by molar-refractivity contribution is 6.09. The molecule has 4 aromatic carbocycles. The molecule has 0 saturated carbocycles. The lowest BCUT2D eigenvalue weighted by atomic mass is 10.0. The lowest BCUT2D eigenvalue weighted by Gasteiger charge is -2.13. The van der Waals surface area contributed by atoms with Crippen LogP contribution in [-0.2, 0) is 0 Å². The number of para-hydroxylation sites is 2. The van der Waals surface area contributed by atoms with Gasteiger partial charge in [-0.2, -0.15) is 0 Å². The van der Waals surface area contributed by atoms with Gasteiger partial charge >= 0.3 is 0 Å². The van der Waals surface area contributed by atoms with Crippen molar-refractivity contribution in [3.8, 4) is 28.3 Å². The van der Waals surface area contributed by atoms with E-state index in [-0.39, 0.29) is 0 Å². The Kier molecular flexibility index (Phi) is 4.42. The van der Waals surface area contributed by atoms with Gasteiger partial charge in [-0.1, -0.05) is 97.1 Å². The molecule has 0 saturated heterocycles. The molecule has 0 aliphatic heterocycles. The first-order chi connectivity index (χ1) is 17.4. The number of benzene rings is 4. The van der Waals surface area contributed by atoms with Crippen LogP contribution in [0.3, 0.4) is 0 Å². The summed E-state index contributed by atoms with van der Waals surface area (Å²) in [6.45, 7) is 0. The van der Waals surface area contributed by atoms with Crippen molar-refractivity contribution in [2.45, 2.75) is 0 Å². The molecule has 4 heteroatoms. The molecular formula is C31H20N4. The van der Waals surface area contributed by atoms with E-state index in [1.54, 1.807) is 0 Å². The molecule has 0 aliphatic rings. The van der Waals surface area contributed by atoms with Crippen LogP contribution >= 0.6 is 0 Å². The van der Waals surface area contributed by atoms with E-state index in [4.69, 9.17) is 9.97 Å². The van der Waals surface area contributed by atoms with Crippen molar-refractivity contribution in [3.05, 3.63) is 122 Å². The summed E-state index contributed by atoms with van der Waals surface area (Å²) in [6, 6.07) is 37.5. The maximum Gasteiger partial charge on any atom is 0.235 e. The van der Waals surface area contributed by atoms with Gasteiger partial charge in [0.15, 0.2) is 0 Å². The van der Waals surface area contributed by atoms with Gasteiger partial charge in [-0.05, 0) is 17.7 Å². The highest BCUT2D eigenvalue weighted by atomic mass is 15.2. The molecule has 3 aromatic heterocycles. The molecule has 0 spiro atoms. The van der Waals surface area contributed by atoms with E-state index >= 15 is 0 Å². The first-order valence-corrected chi connectivity index (χ1v) is 11.6. The lowest BCUT2D eigenvalue weighted by molar-refractivity contribution is 1.01. The third kappa shape index (κ3) is 3.11. The normalized spacial score (nSPS) is 11.4. The standard InChI is InChI=1S/C31H20N4/c1-3-11-21(12-4-1)25-19-32-20-26-29(22-13-5-2-6-14-22)33-31(34-30(25)26)35-27-17-9-7-15-23(27)24-16-8-10-18-28(24)35/h1-20H. The molecule has 7 rings (SSSR count). The third-order valence-corrected chi connectivity index (χ3v) is 6.51. The first kappa shape index (κ1) is 19.6. The monoisotopic (exact) mass is 448 g/mol. The van der Waals surface area contributed by atoms with Crippen molar-refractivity contribution < 1.29 is 0 Å². The van der Waals surface area contributed by atoms with Gasteiger partial charge in [0.2, 0.25) is 5.95 Å². The van der Waals surface area contributed by atoms with Crippen molar-refractivity contribution in [3.63, 3.8) is 0 Å². The smallest absolute Gasteiger partial charge is 0.235 e. The Morgan fingerprint density at radius 1 is 0.486 bits per heavy atom. The van der Waals surface area contributed by atoms with Crippen LogP contribution in [0.1, 0.15) is 0 Å². The Bertz CT molecular complexity index is 1780. The number of fused-ring (bicyclic) bond motifs is 4. The fourth-order valence-corrected chi connectivity index (χ4v) is 4.92. The van der Waals surface area contributed by atoms with E-state index in [1.165, 1.54) is 10.8 Å². The summed E-state index contributed by atoms with van der Waals surface area (Å²) in [5, 5.41) is 3.30. The largest absolute Gasteiger partial charge is 0.278 e. The predicted molar refractivity (Wildman–Crippen MR) is 143 cm³/mol. The topological polar surface area (TPSA) is 43.6 Å². The second kappa shape index (κ2) is 7.89. The van der Waals surface area contributed by atoms with Gasteiger partial charge in [0.05, 0.1) is 22.2 Å². The number of hydrogen-bond donors (Lipinski definition) is 0. The Labute approximate surface area is 202 Å². The minimum atomic E-state index is 0.650. The van der Waals surface area contributed by atoms with Crippen LogP contribution < -0.4 is 0 Å². The number of nitrogens with zero attached hydrogens (tertiary/aromatic N) is 4. The van der Waals surface area contributed by atoms with Crippen LogP contribution in [-0.4, -0.2) is 19.5 Å². The average molecular weight is 449 g/mol. The van der Waals surface area contributed by atoms with Gasteiger partial charge in [-0.15, -0.1) is 0 Å². The van der Waals surface area contributed by atoms with E-state index in [0.717, 1.165) is 44.3 Å². The van der Waals surface area contributed by atoms with Gasteiger partial charge in [0.1, 0.15) is 0 Å². The molecule has 0 bridgehead atoms. The number of aromatic nitrogens is 4. The quantitative estimate of drug-likeness (QED) is 0.282. The molecule has 164 valence electrons. The minimum Gasteiger partial charge on any atom is -0.278 e. The molecule has 0 aliphatic carbocycles. The molecule has 35 heavy (non-hydrogen) atoms. The van der Waals surface area contributed by atoms with Crippen molar-refractivity contribution in [2.75, 3.05) is 0 Å². The molecule has 0 unspecified atom stereocenters. The molecule has 4 nitrogen and oxygen atoms in total. The highest BCUT2D eigenvalue weighted by Crippen LogP contribution is 2.35. The fourth-order valence-electron chi connectivity index (χ4n) is 4.92. The van der Waals surface area contributed by atoms with Crippen LogP contribution in [0.2, 0.25) is 0 Å². The molecule has 3 heterocycles. The van der Waals surface area contributed by atoms with Crippen molar-refractivity contribution in [2.24, 2.45) is 0 Å². The van der Waals surface area contributed by atoms with Crippen LogP contribution in [0.5, 0.6) is 0 Å². The number of rotatable bonds is 3. The fraction of sp³-hybridized carbons (Fsp3) is 0. The van der Waals surface area contributed by atoms with Crippen LogP contribution in [0.25, 0.3) is 61.0 Å². The van der Waals surface area contributed by atoms with Gasteiger partial charge in [0.25, 0.3) is 0 Å². The lowest BCUT2D eigenvalue weighted by Crippen LogP contribution is -2.04. The summed E-state index contributed by atoms with van der Waals surface area (Å²) in [4.78, 5) is 14.9. The van der Waals surface area contributed by atoms with Crippen LogP contribution in [0.4, 0.5) is 0 Å². The summed E-state index contributed by atoms with van der Waals surface area (Å²) in [5.74, 6) is 0.650. The SMILES string of the molecule is c1ccc(-c2nc(-n3c4ccccc4c4ccccc43)nc3c(-c4ccccc4)cncc23)cc1. The zero-order valence-electron chi connectivity index (χ0n) is 18.8. The molecule has 0 amide bonds. The second-order valence-corrected chi connectivity index (χ2v) is 8.56. The number of hydrogen-bond acceptors (Lipinski definition) is 3. The highest BCUT2D eigenvalue weighted by Gasteiger charge is 2.18. The molecule has 0 fully saturated rings. The predicted octanol–water partition coefficient (Wildman–Crippen LogP) is 7.46. The van der Waals surface area contributed by atoms with Crippen molar-refractivity contribution >= 4 is 32.7 Å². The summed E-state index contributed by atoms with van der Waals surface area (Å²) >= 11 is 0. The van der Waals surface area contributed by atoms with Crippen molar-refractivity contribution in [1.29, 1.82) is 0 Å². The zero-order chi connectivity index (χ0) is 23.2. The Hall–Kier alpha value is -4.83. The molecular weight excluding hydrogens is 428 g/mol. The second-order valence-electron chi connectivity index (χ2n) is 8.56. The average Bonchev–Trinajstić information content (AvgIpc) is 3.27. The minimum absolute atomic E-state index is 0.650. The van der Waals surface area contributed by atoms with E-state index in [9.17, 15) is 0 Å². The van der Waals surface area contributed by atoms with Gasteiger partial charge in [0, 0.05) is 39.7 Å². The molecule has 0 atom stereocenters. The van der Waals surface area contributed by atoms with E-state index < -0.39 is 0 Å². The van der Waals surface area contributed by atoms with Gasteiger partial charge in [-0.25, -0.2) is 9.97 Å². The van der Waals surface area contributed by atoms with Gasteiger partial charge < -0.3 is 0 Å². The van der Waals surface area contributed by atoms with E-state index in [1.807, 2.05) is 48.8 Å². The first-order valence-electron chi connectivity index (χ1n) is 11.6. The van der Waals surface area contributed by atoms with E-state index in [2.05, 4.69) is 82.3 Å². The summed E-state index contributed by atoms with van der Waals surface area (Å²) in [6.07, 6.45) is 3.77. The third-order valence-electron chi connectivity index (χ3n) is 6.51. The molecule has 0 N–H and O–H groups in total. The van der Waals surface area contributed by atoms with Crippen LogP contribution in [0, 0.1) is 0 Å².